The zero-order chi connectivity index (χ0) is 12.7. The van der Waals surface area contributed by atoms with Gasteiger partial charge in [0.25, 0.3) is 5.95 Å². The third kappa shape index (κ3) is 1.99. The molecule has 7 heteroatoms. The van der Waals surface area contributed by atoms with Gasteiger partial charge in [-0.25, -0.2) is 4.98 Å². The van der Waals surface area contributed by atoms with Crippen LogP contribution < -0.4 is 4.90 Å². The molecule has 7 nitrogen and oxygen atoms in total. The third-order valence-corrected chi connectivity index (χ3v) is 3.49. The summed E-state index contributed by atoms with van der Waals surface area (Å²) in [5, 5.41) is 4.05. The zero-order valence-electron chi connectivity index (χ0n) is 10.5. The molecule has 2 aromatic rings. The summed E-state index contributed by atoms with van der Waals surface area (Å²) in [5.74, 6) is 2.64. The van der Waals surface area contributed by atoms with Gasteiger partial charge >= 0.3 is 0 Å². The van der Waals surface area contributed by atoms with E-state index in [9.17, 15) is 0 Å². The second-order valence-electron chi connectivity index (χ2n) is 4.90. The van der Waals surface area contributed by atoms with Crippen LogP contribution in [0, 0.1) is 0 Å². The zero-order valence-corrected chi connectivity index (χ0v) is 10.5. The van der Waals surface area contributed by atoms with Crippen LogP contribution in [0.15, 0.2) is 16.9 Å². The molecule has 4 rings (SSSR count). The van der Waals surface area contributed by atoms with Gasteiger partial charge in [-0.2, -0.15) is 4.98 Å². The van der Waals surface area contributed by atoms with Crippen molar-refractivity contribution in [1.82, 2.24) is 19.7 Å². The van der Waals surface area contributed by atoms with Crippen LogP contribution in [-0.4, -0.2) is 46.0 Å². The van der Waals surface area contributed by atoms with Crippen molar-refractivity contribution in [2.75, 3.05) is 31.2 Å². The van der Waals surface area contributed by atoms with E-state index in [0.717, 1.165) is 51.0 Å². The first kappa shape index (κ1) is 11.0. The molecule has 0 radical (unpaired) electrons. The highest BCUT2D eigenvalue weighted by Gasteiger charge is 2.30. The van der Waals surface area contributed by atoms with Crippen LogP contribution in [0.4, 0.5) is 5.95 Å². The van der Waals surface area contributed by atoms with Crippen LogP contribution in [-0.2, 0) is 4.74 Å². The van der Waals surface area contributed by atoms with E-state index in [2.05, 4.69) is 20.0 Å². The Morgan fingerprint density at radius 2 is 2.05 bits per heavy atom. The smallest absolute Gasteiger partial charge is 0.277 e. The molecule has 1 aliphatic heterocycles. The quantitative estimate of drug-likeness (QED) is 0.820. The van der Waals surface area contributed by atoms with E-state index in [0.29, 0.717) is 11.9 Å². The maximum Gasteiger partial charge on any atom is 0.277 e. The second kappa shape index (κ2) is 4.34. The molecule has 0 unspecified atom stereocenters. The highest BCUT2D eigenvalue weighted by atomic mass is 16.5. The largest absolute Gasteiger partial charge is 0.378 e. The molecule has 2 fully saturated rings. The SMILES string of the molecule is c1cn(-c2noc(C3CC3)n2)c(N2CCOCC2)n1. The lowest BCUT2D eigenvalue weighted by Gasteiger charge is -2.27. The maximum absolute atomic E-state index is 5.36. The number of anilines is 1. The highest BCUT2D eigenvalue weighted by Crippen LogP contribution is 2.39. The third-order valence-electron chi connectivity index (χ3n) is 3.49. The summed E-state index contributed by atoms with van der Waals surface area (Å²) in [7, 11) is 0. The minimum Gasteiger partial charge on any atom is -0.378 e. The molecule has 100 valence electrons. The Morgan fingerprint density at radius 1 is 1.21 bits per heavy atom. The van der Waals surface area contributed by atoms with E-state index >= 15 is 0 Å². The van der Waals surface area contributed by atoms with Crippen LogP contribution in [0.25, 0.3) is 5.95 Å². The summed E-state index contributed by atoms with van der Waals surface area (Å²) in [4.78, 5) is 11.0. The molecule has 0 N–H and O–H groups in total. The van der Waals surface area contributed by atoms with Crippen molar-refractivity contribution >= 4 is 5.95 Å². The minimum absolute atomic E-state index is 0.469. The van der Waals surface area contributed by atoms with Crippen LogP contribution >= 0.6 is 0 Å². The minimum atomic E-state index is 0.469. The molecular weight excluding hydrogens is 246 g/mol. The Kier molecular flexibility index (Phi) is 2.51. The number of rotatable bonds is 3. The fraction of sp³-hybridized carbons (Fsp3) is 0.583. The number of ether oxygens (including phenoxy) is 1. The average Bonchev–Trinajstić information content (AvgIpc) is 3.02. The lowest BCUT2D eigenvalue weighted by Crippen LogP contribution is -2.37. The number of aromatic nitrogens is 4. The van der Waals surface area contributed by atoms with Crippen LogP contribution in [0.2, 0.25) is 0 Å². The van der Waals surface area contributed by atoms with Gasteiger partial charge in [-0.3, -0.25) is 4.57 Å². The van der Waals surface area contributed by atoms with Crippen molar-refractivity contribution in [3.05, 3.63) is 18.3 Å². The number of nitrogens with zero attached hydrogens (tertiary/aromatic N) is 5. The topological polar surface area (TPSA) is 69.2 Å². The van der Waals surface area contributed by atoms with Gasteiger partial charge in [0.15, 0.2) is 0 Å². The van der Waals surface area contributed by atoms with Gasteiger partial charge in [-0.15, -0.1) is 0 Å². The van der Waals surface area contributed by atoms with Crippen LogP contribution in [0.3, 0.4) is 0 Å². The highest BCUT2D eigenvalue weighted by molar-refractivity contribution is 5.37. The van der Waals surface area contributed by atoms with Crippen LogP contribution in [0.1, 0.15) is 24.7 Å². The first-order chi connectivity index (χ1) is 9.42. The summed E-state index contributed by atoms with van der Waals surface area (Å²) < 4.78 is 12.5. The Balaban J connectivity index is 1.64. The van der Waals surface area contributed by atoms with Gasteiger partial charge in [0.05, 0.1) is 13.2 Å². The van der Waals surface area contributed by atoms with E-state index < -0.39 is 0 Å². The van der Waals surface area contributed by atoms with Crippen molar-refractivity contribution in [2.45, 2.75) is 18.8 Å². The van der Waals surface area contributed by atoms with Crippen LogP contribution in [0.5, 0.6) is 0 Å². The van der Waals surface area contributed by atoms with Gasteiger partial charge in [-0.05, 0) is 18.0 Å². The lowest BCUT2D eigenvalue weighted by molar-refractivity contribution is 0.122. The van der Waals surface area contributed by atoms with Crippen molar-refractivity contribution in [3.8, 4) is 5.95 Å². The molecule has 0 bridgehead atoms. The second-order valence-corrected chi connectivity index (χ2v) is 4.90. The summed E-state index contributed by atoms with van der Waals surface area (Å²) in [6.45, 7) is 3.13. The molecule has 1 saturated heterocycles. The predicted octanol–water partition coefficient (Wildman–Crippen LogP) is 0.969. The maximum atomic E-state index is 5.36. The number of imidazole rings is 1. The Bertz CT molecular complexity index is 568. The fourth-order valence-corrected chi connectivity index (χ4v) is 2.27. The average molecular weight is 261 g/mol. The molecule has 2 aromatic heterocycles. The van der Waals surface area contributed by atoms with Crippen molar-refractivity contribution in [3.63, 3.8) is 0 Å². The summed E-state index contributed by atoms with van der Waals surface area (Å²) in [6, 6.07) is 0. The van der Waals surface area contributed by atoms with Gasteiger partial charge in [0, 0.05) is 31.4 Å². The fourth-order valence-electron chi connectivity index (χ4n) is 2.27. The van der Waals surface area contributed by atoms with E-state index in [1.165, 1.54) is 0 Å². The van der Waals surface area contributed by atoms with E-state index in [-0.39, 0.29) is 0 Å². The molecule has 0 spiro atoms. The summed E-state index contributed by atoms with van der Waals surface area (Å²) >= 11 is 0. The molecule has 2 aliphatic rings. The van der Waals surface area contributed by atoms with E-state index in [4.69, 9.17) is 9.26 Å². The monoisotopic (exact) mass is 261 g/mol. The molecule has 3 heterocycles. The molecule has 1 saturated carbocycles. The summed E-state index contributed by atoms with van der Waals surface area (Å²) in [5.41, 5.74) is 0. The Labute approximate surface area is 110 Å². The Morgan fingerprint density at radius 3 is 2.84 bits per heavy atom. The first-order valence-corrected chi connectivity index (χ1v) is 6.62. The Hall–Kier alpha value is -1.89. The molecule has 1 aliphatic carbocycles. The van der Waals surface area contributed by atoms with Gasteiger partial charge in [0.2, 0.25) is 11.8 Å². The molecule has 0 atom stereocenters. The summed E-state index contributed by atoms with van der Waals surface area (Å²) in [6.07, 6.45) is 5.94. The molecule has 0 aromatic carbocycles. The van der Waals surface area contributed by atoms with Crippen molar-refractivity contribution in [1.29, 1.82) is 0 Å². The van der Waals surface area contributed by atoms with E-state index in [1.54, 1.807) is 6.20 Å². The first-order valence-electron chi connectivity index (χ1n) is 6.62. The molecule has 0 amide bonds. The number of morpholine rings is 1. The predicted molar refractivity (Wildman–Crippen MR) is 66.4 cm³/mol. The van der Waals surface area contributed by atoms with Crippen molar-refractivity contribution < 1.29 is 9.26 Å². The van der Waals surface area contributed by atoms with Gasteiger partial charge < -0.3 is 14.2 Å². The van der Waals surface area contributed by atoms with Gasteiger partial charge in [-0.1, -0.05) is 0 Å². The molecular formula is C12H15N5O2. The standard InChI is InChI=1S/C12H15N5O2/c1-2-9(1)10-14-11(15-19-10)17-4-3-13-12(17)16-5-7-18-8-6-16/h3-4,9H,1-2,5-8H2. The number of hydrogen-bond donors (Lipinski definition) is 0. The van der Waals surface area contributed by atoms with Crippen molar-refractivity contribution in [2.24, 2.45) is 0 Å². The molecule has 19 heavy (non-hydrogen) atoms. The number of hydrogen-bond acceptors (Lipinski definition) is 6. The van der Waals surface area contributed by atoms with E-state index in [1.807, 2.05) is 10.8 Å². The lowest BCUT2D eigenvalue weighted by atomic mass is 10.4. The normalized spacial score (nSPS) is 19.9. The van der Waals surface area contributed by atoms with Gasteiger partial charge in [0.1, 0.15) is 0 Å².